The number of sulfonamides is 1. The van der Waals surface area contributed by atoms with Crippen molar-refractivity contribution in [3.05, 3.63) is 75.2 Å². The molecule has 1 amide bonds. The number of amides is 1. The molecule has 1 heterocycles. The predicted octanol–water partition coefficient (Wildman–Crippen LogP) is 4.75. The van der Waals surface area contributed by atoms with Crippen molar-refractivity contribution in [2.75, 3.05) is 4.72 Å². The first-order chi connectivity index (χ1) is 14.2. The first-order valence-corrected chi connectivity index (χ1v) is 12.0. The lowest BCUT2D eigenvalue weighted by atomic mass is 10.1. The monoisotopic (exact) mass is 443 g/mol. The second-order valence-corrected chi connectivity index (χ2v) is 9.78. The lowest BCUT2D eigenvalue weighted by Crippen LogP contribution is -2.29. The van der Waals surface area contributed by atoms with E-state index in [1.807, 2.05) is 38.3 Å². The maximum atomic E-state index is 12.9. The molecule has 2 aromatic carbocycles. The van der Waals surface area contributed by atoms with Crippen LogP contribution in [0.4, 0.5) is 5.69 Å². The van der Waals surface area contributed by atoms with Crippen molar-refractivity contribution in [2.24, 2.45) is 0 Å². The van der Waals surface area contributed by atoms with Gasteiger partial charge < -0.3 is 5.32 Å². The minimum atomic E-state index is -3.82. The summed E-state index contributed by atoms with van der Waals surface area (Å²) in [4.78, 5) is 17.4. The molecule has 6 nitrogen and oxygen atoms in total. The maximum Gasteiger partial charge on any atom is 0.261 e. The Hall–Kier alpha value is -2.71. The van der Waals surface area contributed by atoms with Crippen molar-refractivity contribution in [3.8, 4) is 0 Å². The predicted molar refractivity (Wildman–Crippen MR) is 121 cm³/mol. The van der Waals surface area contributed by atoms with Crippen LogP contribution in [-0.4, -0.2) is 19.3 Å². The SMILES string of the molecule is CCC(NC(=O)c1cc(S(=O)(=O)Nc2ccc(C)cc2)ccc1C)c1nc(C)cs1. The third-order valence-corrected chi connectivity index (χ3v) is 7.17. The molecule has 0 radical (unpaired) electrons. The van der Waals surface area contributed by atoms with Crippen LogP contribution in [0, 0.1) is 20.8 Å². The van der Waals surface area contributed by atoms with Crippen LogP contribution in [0.5, 0.6) is 0 Å². The van der Waals surface area contributed by atoms with Gasteiger partial charge in [-0.3, -0.25) is 9.52 Å². The summed E-state index contributed by atoms with van der Waals surface area (Å²) in [6.07, 6.45) is 0.685. The van der Waals surface area contributed by atoms with Crippen molar-refractivity contribution < 1.29 is 13.2 Å². The van der Waals surface area contributed by atoms with Gasteiger partial charge >= 0.3 is 0 Å². The first kappa shape index (κ1) is 22.0. The van der Waals surface area contributed by atoms with Crippen LogP contribution in [-0.2, 0) is 10.0 Å². The summed E-state index contributed by atoms with van der Waals surface area (Å²) < 4.78 is 28.2. The highest BCUT2D eigenvalue weighted by molar-refractivity contribution is 7.92. The highest BCUT2D eigenvalue weighted by Crippen LogP contribution is 2.23. The van der Waals surface area contributed by atoms with E-state index in [0.717, 1.165) is 16.3 Å². The molecule has 2 N–H and O–H groups in total. The molecule has 1 atom stereocenters. The third-order valence-electron chi connectivity index (χ3n) is 4.72. The first-order valence-electron chi connectivity index (χ1n) is 9.62. The van der Waals surface area contributed by atoms with Gasteiger partial charge in [0.05, 0.1) is 10.9 Å². The summed E-state index contributed by atoms with van der Waals surface area (Å²) >= 11 is 1.50. The van der Waals surface area contributed by atoms with Gasteiger partial charge in [-0.1, -0.05) is 30.7 Å². The highest BCUT2D eigenvalue weighted by Gasteiger charge is 2.21. The number of hydrogen-bond donors (Lipinski definition) is 2. The minimum Gasteiger partial charge on any atom is -0.343 e. The second-order valence-electron chi connectivity index (χ2n) is 7.21. The molecule has 158 valence electrons. The van der Waals surface area contributed by atoms with E-state index in [0.29, 0.717) is 23.2 Å². The largest absolute Gasteiger partial charge is 0.343 e. The van der Waals surface area contributed by atoms with Crippen LogP contribution in [0.3, 0.4) is 0 Å². The Labute approximate surface area is 181 Å². The topological polar surface area (TPSA) is 88.2 Å². The summed E-state index contributed by atoms with van der Waals surface area (Å²) in [5.74, 6) is -0.320. The average molecular weight is 444 g/mol. The lowest BCUT2D eigenvalue weighted by Gasteiger charge is -2.16. The number of carbonyl (C=O) groups is 1. The summed E-state index contributed by atoms with van der Waals surface area (Å²) in [5.41, 5.74) is 3.44. The fourth-order valence-corrected chi connectivity index (χ4v) is 4.97. The number of nitrogens with one attached hydrogen (secondary N) is 2. The molecule has 0 spiro atoms. The van der Waals surface area contributed by atoms with E-state index in [2.05, 4.69) is 15.0 Å². The van der Waals surface area contributed by atoms with E-state index in [1.165, 1.54) is 23.5 Å². The highest BCUT2D eigenvalue weighted by atomic mass is 32.2. The number of rotatable bonds is 7. The zero-order valence-electron chi connectivity index (χ0n) is 17.4. The molecule has 1 aromatic heterocycles. The molecule has 0 saturated carbocycles. The molecule has 3 rings (SSSR count). The van der Waals surface area contributed by atoms with Gasteiger partial charge in [-0.05, 0) is 57.0 Å². The molecule has 30 heavy (non-hydrogen) atoms. The van der Waals surface area contributed by atoms with Crippen LogP contribution >= 0.6 is 11.3 Å². The van der Waals surface area contributed by atoms with E-state index in [9.17, 15) is 13.2 Å². The number of hydrogen-bond acceptors (Lipinski definition) is 5. The number of anilines is 1. The third kappa shape index (κ3) is 5.06. The van der Waals surface area contributed by atoms with E-state index < -0.39 is 10.0 Å². The van der Waals surface area contributed by atoms with Crippen molar-refractivity contribution >= 4 is 33.0 Å². The Morgan fingerprint density at radius 2 is 1.80 bits per heavy atom. The van der Waals surface area contributed by atoms with E-state index >= 15 is 0 Å². The van der Waals surface area contributed by atoms with Gasteiger partial charge in [0, 0.05) is 22.3 Å². The molecule has 0 saturated heterocycles. The molecule has 3 aromatic rings. The lowest BCUT2D eigenvalue weighted by molar-refractivity contribution is 0.0934. The number of benzene rings is 2. The summed E-state index contributed by atoms with van der Waals surface area (Å²) in [6, 6.07) is 11.4. The quantitative estimate of drug-likeness (QED) is 0.551. The summed E-state index contributed by atoms with van der Waals surface area (Å²) in [6.45, 7) is 7.60. The van der Waals surface area contributed by atoms with E-state index in [1.54, 1.807) is 25.1 Å². The van der Waals surface area contributed by atoms with Crippen molar-refractivity contribution in [3.63, 3.8) is 0 Å². The fraction of sp³-hybridized carbons (Fsp3) is 0.273. The molecular weight excluding hydrogens is 418 g/mol. The van der Waals surface area contributed by atoms with Crippen molar-refractivity contribution in [1.82, 2.24) is 10.3 Å². The average Bonchev–Trinajstić information content (AvgIpc) is 3.13. The molecule has 0 fully saturated rings. The Kier molecular flexibility index (Phi) is 6.58. The Bertz CT molecular complexity index is 1150. The standard InChI is InChI=1S/C22H25N3O3S2/c1-5-20(22-23-16(4)13-29-22)24-21(26)19-12-18(11-8-15(19)3)30(27,28)25-17-9-6-14(2)7-10-17/h6-13,20,25H,5H2,1-4H3,(H,24,26). The fourth-order valence-electron chi connectivity index (χ4n) is 2.96. The molecule has 0 aliphatic carbocycles. The van der Waals surface area contributed by atoms with E-state index in [-0.39, 0.29) is 16.8 Å². The Morgan fingerprint density at radius 3 is 2.40 bits per heavy atom. The molecule has 0 bridgehead atoms. The molecule has 8 heteroatoms. The number of thiazole rings is 1. The van der Waals surface area contributed by atoms with Crippen LogP contribution in [0.1, 0.15) is 51.6 Å². The zero-order valence-corrected chi connectivity index (χ0v) is 19.0. The molecule has 1 unspecified atom stereocenters. The second kappa shape index (κ2) is 8.97. The van der Waals surface area contributed by atoms with Gasteiger partial charge in [-0.2, -0.15) is 0 Å². The van der Waals surface area contributed by atoms with E-state index in [4.69, 9.17) is 0 Å². The van der Waals surface area contributed by atoms with Gasteiger partial charge in [0.25, 0.3) is 15.9 Å². The van der Waals surface area contributed by atoms with Gasteiger partial charge in [0.15, 0.2) is 0 Å². The summed E-state index contributed by atoms with van der Waals surface area (Å²) in [7, 11) is -3.82. The van der Waals surface area contributed by atoms with Gasteiger partial charge in [0.2, 0.25) is 0 Å². The maximum absolute atomic E-state index is 12.9. The normalized spacial score (nSPS) is 12.4. The van der Waals surface area contributed by atoms with Crippen LogP contribution in [0.25, 0.3) is 0 Å². The Morgan fingerprint density at radius 1 is 1.10 bits per heavy atom. The Balaban J connectivity index is 1.84. The number of nitrogens with zero attached hydrogens (tertiary/aromatic N) is 1. The minimum absolute atomic E-state index is 0.0389. The van der Waals surface area contributed by atoms with Gasteiger partial charge in [0.1, 0.15) is 5.01 Å². The molecule has 0 aliphatic rings. The zero-order chi connectivity index (χ0) is 21.9. The van der Waals surface area contributed by atoms with Crippen LogP contribution in [0.2, 0.25) is 0 Å². The number of aromatic nitrogens is 1. The van der Waals surface area contributed by atoms with Crippen LogP contribution in [0.15, 0.2) is 52.7 Å². The van der Waals surface area contributed by atoms with Gasteiger partial charge in [-0.15, -0.1) is 11.3 Å². The van der Waals surface area contributed by atoms with Crippen LogP contribution < -0.4 is 10.0 Å². The van der Waals surface area contributed by atoms with Gasteiger partial charge in [-0.25, -0.2) is 13.4 Å². The number of carbonyl (C=O) groups excluding carboxylic acids is 1. The van der Waals surface area contributed by atoms with Crippen molar-refractivity contribution in [2.45, 2.75) is 45.1 Å². The summed E-state index contributed by atoms with van der Waals surface area (Å²) in [5, 5.41) is 5.76. The van der Waals surface area contributed by atoms with Crippen molar-refractivity contribution in [1.29, 1.82) is 0 Å². The molecular formula is C22H25N3O3S2. The molecule has 0 aliphatic heterocycles. The smallest absolute Gasteiger partial charge is 0.261 e. The number of aryl methyl sites for hydroxylation is 3.